The number of carbonyl (C=O) groups is 1. The number of hydrogen-bond donors (Lipinski definition) is 0. The van der Waals surface area contributed by atoms with Crippen LogP contribution in [0.3, 0.4) is 0 Å². The first-order valence-corrected chi connectivity index (χ1v) is 7.30. The first kappa shape index (κ1) is 12.6. The van der Waals surface area contributed by atoms with Crippen LogP contribution in [0.1, 0.15) is 18.4 Å². The largest absolute Gasteiger partial charge is 0.368 e. The lowest BCUT2D eigenvalue weighted by atomic mass is 10.1. The Hall–Kier alpha value is -2.14. The van der Waals surface area contributed by atoms with E-state index < -0.39 is 0 Å². The molecular weight excluding hydrogens is 268 g/mol. The van der Waals surface area contributed by atoms with Crippen LogP contribution >= 0.6 is 0 Å². The van der Waals surface area contributed by atoms with Crippen molar-refractivity contribution in [3.8, 4) is 11.3 Å². The average Bonchev–Trinajstić information content (AvgIpc) is 3.25. The Morgan fingerprint density at radius 2 is 2.29 bits per heavy atom. The van der Waals surface area contributed by atoms with E-state index in [9.17, 15) is 4.79 Å². The van der Waals surface area contributed by atoms with Crippen LogP contribution in [-0.4, -0.2) is 30.3 Å². The van der Waals surface area contributed by atoms with Gasteiger partial charge in [0.1, 0.15) is 6.10 Å². The molecule has 0 spiro atoms. The molecular formula is C16H16N2O3. The molecule has 1 atom stereocenters. The van der Waals surface area contributed by atoms with Crippen LogP contribution < -0.4 is 4.90 Å². The zero-order chi connectivity index (χ0) is 14.2. The Morgan fingerprint density at radius 1 is 1.33 bits per heavy atom. The summed E-state index contributed by atoms with van der Waals surface area (Å²) in [7, 11) is 0. The Morgan fingerprint density at radius 3 is 3.05 bits per heavy atom. The van der Waals surface area contributed by atoms with Crippen LogP contribution in [0.2, 0.25) is 0 Å². The minimum absolute atomic E-state index is 0.0960. The molecule has 2 aliphatic rings. The number of fused-ring (bicyclic) bond motifs is 1. The third-order valence-electron chi connectivity index (χ3n) is 4.17. The molecule has 5 heteroatoms. The molecule has 1 aromatic carbocycles. The topological polar surface area (TPSA) is 55.6 Å². The van der Waals surface area contributed by atoms with Gasteiger partial charge in [-0.3, -0.25) is 4.79 Å². The SMILES string of the molecule is O=C(C1CCCO1)N1CCc2cc(-c3ccno3)ccc21. The Balaban J connectivity index is 1.62. The van der Waals surface area contributed by atoms with E-state index >= 15 is 0 Å². The predicted octanol–water partition coefficient (Wildman–Crippen LogP) is 2.41. The lowest BCUT2D eigenvalue weighted by Gasteiger charge is -2.20. The molecule has 1 amide bonds. The van der Waals surface area contributed by atoms with Gasteiger partial charge in [0.2, 0.25) is 0 Å². The summed E-state index contributed by atoms with van der Waals surface area (Å²) in [5, 5.41) is 3.73. The van der Waals surface area contributed by atoms with Crippen molar-refractivity contribution in [2.24, 2.45) is 0 Å². The number of aromatic nitrogens is 1. The van der Waals surface area contributed by atoms with Crippen molar-refractivity contribution in [2.75, 3.05) is 18.1 Å². The van der Waals surface area contributed by atoms with Crippen LogP contribution in [0.25, 0.3) is 11.3 Å². The Bertz CT molecular complexity index is 660. The number of hydrogen-bond acceptors (Lipinski definition) is 4. The zero-order valence-corrected chi connectivity index (χ0v) is 11.6. The molecule has 0 radical (unpaired) electrons. The number of rotatable bonds is 2. The summed E-state index contributed by atoms with van der Waals surface area (Å²) in [4.78, 5) is 14.4. The molecule has 0 saturated carbocycles. The monoisotopic (exact) mass is 284 g/mol. The van der Waals surface area contributed by atoms with E-state index in [4.69, 9.17) is 9.26 Å². The van der Waals surface area contributed by atoms with Gasteiger partial charge in [0, 0.05) is 30.5 Å². The van der Waals surface area contributed by atoms with Crippen LogP contribution in [0, 0.1) is 0 Å². The standard InChI is InChI=1S/C16H16N2O3/c19-16(15-2-1-9-20-15)18-8-6-11-10-12(3-4-13(11)18)14-5-7-17-21-14/h3-5,7,10,15H,1-2,6,8-9H2. The fourth-order valence-electron chi connectivity index (χ4n) is 3.09. The van der Waals surface area contributed by atoms with Crippen LogP contribution in [-0.2, 0) is 16.0 Å². The van der Waals surface area contributed by atoms with Gasteiger partial charge in [0.25, 0.3) is 5.91 Å². The summed E-state index contributed by atoms with van der Waals surface area (Å²) < 4.78 is 10.7. The van der Waals surface area contributed by atoms with Gasteiger partial charge in [-0.2, -0.15) is 0 Å². The van der Waals surface area contributed by atoms with E-state index in [1.807, 2.05) is 23.1 Å². The van der Waals surface area contributed by atoms with Crippen molar-refractivity contribution in [1.82, 2.24) is 5.16 Å². The van der Waals surface area contributed by atoms with Gasteiger partial charge in [0.15, 0.2) is 5.76 Å². The van der Waals surface area contributed by atoms with Crippen molar-refractivity contribution in [2.45, 2.75) is 25.4 Å². The summed E-state index contributed by atoms with van der Waals surface area (Å²) in [6.45, 7) is 1.43. The highest BCUT2D eigenvalue weighted by Gasteiger charge is 2.32. The molecule has 1 aromatic heterocycles. The van der Waals surface area contributed by atoms with E-state index in [0.717, 1.165) is 42.8 Å². The molecule has 0 aliphatic carbocycles. The van der Waals surface area contributed by atoms with E-state index in [1.54, 1.807) is 6.20 Å². The summed E-state index contributed by atoms with van der Waals surface area (Å²) in [5.41, 5.74) is 3.17. The number of anilines is 1. The normalized spacial score (nSPS) is 20.8. The minimum Gasteiger partial charge on any atom is -0.368 e. The Kier molecular flexibility index (Phi) is 3.00. The Labute approximate surface area is 122 Å². The molecule has 1 saturated heterocycles. The highest BCUT2D eigenvalue weighted by atomic mass is 16.5. The molecule has 5 nitrogen and oxygen atoms in total. The fraction of sp³-hybridized carbons (Fsp3) is 0.375. The first-order valence-electron chi connectivity index (χ1n) is 7.30. The van der Waals surface area contributed by atoms with Crippen molar-refractivity contribution < 1.29 is 14.1 Å². The number of nitrogens with zero attached hydrogens (tertiary/aromatic N) is 2. The van der Waals surface area contributed by atoms with E-state index in [1.165, 1.54) is 5.56 Å². The predicted molar refractivity (Wildman–Crippen MR) is 77.0 cm³/mol. The lowest BCUT2D eigenvalue weighted by molar-refractivity contribution is -0.127. The number of benzene rings is 1. The second-order valence-corrected chi connectivity index (χ2v) is 5.46. The van der Waals surface area contributed by atoms with E-state index in [-0.39, 0.29) is 12.0 Å². The zero-order valence-electron chi connectivity index (χ0n) is 11.6. The molecule has 1 unspecified atom stereocenters. The maximum Gasteiger partial charge on any atom is 0.256 e. The van der Waals surface area contributed by atoms with Gasteiger partial charge in [-0.05, 0) is 43.0 Å². The van der Waals surface area contributed by atoms with Gasteiger partial charge < -0.3 is 14.2 Å². The van der Waals surface area contributed by atoms with Crippen molar-refractivity contribution in [1.29, 1.82) is 0 Å². The molecule has 1 fully saturated rings. The molecule has 21 heavy (non-hydrogen) atoms. The smallest absolute Gasteiger partial charge is 0.256 e. The van der Waals surface area contributed by atoms with E-state index in [2.05, 4.69) is 11.2 Å². The highest BCUT2D eigenvalue weighted by Crippen LogP contribution is 2.33. The summed E-state index contributed by atoms with van der Waals surface area (Å²) in [6.07, 6.45) is 4.05. The second-order valence-electron chi connectivity index (χ2n) is 5.46. The summed E-state index contributed by atoms with van der Waals surface area (Å²) >= 11 is 0. The molecule has 0 bridgehead atoms. The minimum atomic E-state index is -0.259. The third-order valence-corrected chi connectivity index (χ3v) is 4.17. The third kappa shape index (κ3) is 2.14. The number of carbonyl (C=O) groups excluding carboxylic acids is 1. The molecule has 108 valence electrons. The molecule has 4 rings (SSSR count). The number of ether oxygens (including phenoxy) is 1. The molecule has 2 aromatic rings. The summed E-state index contributed by atoms with van der Waals surface area (Å²) in [5.74, 6) is 0.848. The van der Waals surface area contributed by atoms with Crippen LogP contribution in [0.5, 0.6) is 0 Å². The number of amides is 1. The second kappa shape index (κ2) is 5.00. The van der Waals surface area contributed by atoms with Crippen molar-refractivity contribution in [3.05, 3.63) is 36.0 Å². The van der Waals surface area contributed by atoms with Gasteiger partial charge in [-0.25, -0.2) is 0 Å². The molecule has 3 heterocycles. The quantitative estimate of drug-likeness (QED) is 0.849. The van der Waals surface area contributed by atoms with Crippen LogP contribution in [0.15, 0.2) is 35.0 Å². The highest BCUT2D eigenvalue weighted by molar-refractivity contribution is 5.98. The maximum absolute atomic E-state index is 12.5. The summed E-state index contributed by atoms with van der Waals surface area (Å²) in [6, 6.07) is 7.89. The maximum atomic E-state index is 12.5. The van der Waals surface area contributed by atoms with Crippen molar-refractivity contribution >= 4 is 11.6 Å². The lowest BCUT2D eigenvalue weighted by Crippen LogP contribution is -2.37. The van der Waals surface area contributed by atoms with Gasteiger partial charge in [-0.1, -0.05) is 5.16 Å². The fourth-order valence-corrected chi connectivity index (χ4v) is 3.09. The van der Waals surface area contributed by atoms with E-state index in [0.29, 0.717) is 6.61 Å². The van der Waals surface area contributed by atoms with Gasteiger partial charge in [0.05, 0.1) is 6.20 Å². The molecule has 0 N–H and O–H groups in total. The first-order chi connectivity index (χ1) is 10.3. The average molecular weight is 284 g/mol. The van der Waals surface area contributed by atoms with Crippen molar-refractivity contribution in [3.63, 3.8) is 0 Å². The van der Waals surface area contributed by atoms with Crippen LogP contribution in [0.4, 0.5) is 5.69 Å². The molecule has 2 aliphatic heterocycles. The van der Waals surface area contributed by atoms with Gasteiger partial charge >= 0.3 is 0 Å². The van der Waals surface area contributed by atoms with Gasteiger partial charge in [-0.15, -0.1) is 0 Å².